The summed E-state index contributed by atoms with van der Waals surface area (Å²) < 4.78 is 35.4. The van der Waals surface area contributed by atoms with Gasteiger partial charge in [-0.25, -0.2) is 12.4 Å². The first-order valence-corrected chi connectivity index (χ1v) is 14.6. The molecule has 4 aromatic carbocycles. The van der Waals surface area contributed by atoms with Crippen LogP contribution in [0.5, 0.6) is 5.75 Å². The van der Waals surface area contributed by atoms with Crippen molar-refractivity contribution < 1.29 is 13.2 Å². The van der Waals surface area contributed by atoms with Gasteiger partial charge in [-0.1, -0.05) is 53.7 Å². The molecule has 4 nitrogen and oxygen atoms in total. The molecule has 192 valence electrons. The first kappa shape index (κ1) is 25.9. The summed E-state index contributed by atoms with van der Waals surface area (Å²) in [6.45, 7) is 7.96. The fraction of sp³-hybridized carbons (Fsp3) is 0.125. The number of methoxy groups -OCH3 is 1. The zero-order chi connectivity index (χ0) is 26.9. The first-order chi connectivity index (χ1) is 18.3. The van der Waals surface area contributed by atoms with E-state index in [0.717, 1.165) is 37.4 Å². The molecule has 0 amide bonds. The van der Waals surface area contributed by atoms with Gasteiger partial charge in [0.1, 0.15) is 5.75 Å². The molecule has 5 rings (SSSR count). The van der Waals surface area contributed by atoms with Crippen LogP contribution in [0.25, 0.3) is 22.2 Å². The highest BCUT2D eigenvalue weighted by molar-refractivity contribution is 7.99. The van der Waals surface area contributed by atoms with Crippen LogP contribution in [0.4, 0.5) is 0 Å². The van der Waals surface area contributed by atoms with Crippen LogP contribution in [0.1, 0.15) is 16.7 Å². The Morgan fingerprint density at radius 1 is 0.895 bits per heavy atom. The fourth-order valence-corrected chi connectivity index (χ4v) is 7.38. The minimum atomic E-state index is -3.91. The molecule has 0 saturated carbocycles. The summed E-state index contributed by atoms with van der Waals surface area (Å²) in [7, 11) is -2.29. The molecule has 0 spiro atoms. The van der Waals surface area contributed by atoms with Crippen LogP contribution in [0.3, 0.4) is 0 Å². The van der Waals surface area contributed by atoms with E-state index in [9.17, 15) is 8.42 Å². The second-order valence-corrected chi connectivity index (χ2v) is 12.0. The summed E-state index contributed by atoms with van der Waals surface area (Å²) in [5, 5.41) is 0.937. The molecule has 0 aliphatic rings. The Balaban J connectivity index is 1.84. The monoisotopic (exact) mass is 539 g/mol. The van der Waals surface area contributed by atoms with E-state index in [1.807, 2.05) is 86.7 Å². The van der Waals surface area contributed by atoms with Crippen LogP contribution in [-0.4, -0.2) is 19.5 Å². The third kappa shape index (κ3) is 4.66. The van der Waals surface area contributed by atoms with Gasteiger partial charge in [0.15, 0.2) is 0 Å². The van der Waals surface area contributed by atoms with Crippen LogP contribution in [-0.2, 0) is 16.4 Å². The maximum absolute atomic E-state index is 14.2. The van der Waals surface area contributed by atoms with Gasteiger partial charge in [0, 0.05) is 15.2 Å². The van der Waals surface area contributed by atoms with Crippen molar-refractivity contribution in [1.82, 2.24) is 3.97 Å². The molecule has 0 unspecified atom stereocenters. The summed E-state index contributed by atoms with van der Waals surface area (Å²) in [5.74, 6) is 0.712. The van der Waals surface area contributed by atoms with Crippen LogP contribution in [0.2, 0.25) is 0 Å². The molecule has 6 heteroatoms. The van der Waals surface area contributed by atoms with E-state index in [4.69, 9.17) is 4.74 Å². The maximum Gasteiger partial charge on any atom is 0.268 e. The van der Waals surface area contributed by atoms with E-state index in [0.29, 0.717) is 23.4 Å². The van der Waals surface area contributed by atoms with Gasteiger partial charge in [-0.05, 0) is 97.6 Å². The highest BCUT2D eigenvalue weighted by atomic mass is 32.2. The highest BCUT2D eigenvalue weighted by Crippen LogP contribution is 2.42. The van der Waals surface area contributed by atoms with E-state index in [1.165, 1.54) is 3.97 Å². The van der Waals surface area contributed by atoms with Crippen molar-refractivity contribution in [2.24, 2.45) is 0 Å². The molecule has 5 aromatic rings. The summed E-state index contributed by atoms with van der Waals surface area (Å²) in [4.78, 5) is 2.46. The van der Waals surface area contributed by atoms with Crippen molar-refractivity contribution in [1.29, 1.82) is 0 Å². The highest BCUT2D eigenvalue weighted by Gasteiger charge is 2.28. The maximum atomic E-state index is 14.2. The number of hydrogen-bond donors (Lipinski definition) is 0. The summed E-state index contributed by atoms with van der Waals surface area (Å²) in [6, 6.07) is 28.7. The van der Waals surface area contributed by atoms with Crippen molar-refractivity contribution in [3.05, 3.63) is 120 Å². The molecular weight excluding hydrogens is 510 g/mol. The average molecular weight is 540 g/mol. The molecule has 0 saturated heterocycles. The Morgan fingerprint density at radius 2 is 1.58 bits per heavy atom. The molecule has 1 heterocycles. The number of aryl methyl sites for hydroxylation is 2. The summed E-state index contributed by atoms with van der Waals surface area (Å²) >= 11 is 1.68. The quantitative estimate of drug-likeness (QED) is 0.187. The van der Waals surface area contributed by atoms with Gasteiger partial charge in [0.25, 0.3) is 10.0 Å². The van der Waals surface area contributed by atoms with Crippen LogP contribution < -0.4 is 4.74 Å². The number of rotatable bonds is 8. The zero-order valence-corrected chi connectivity index (χ0v) is 23.3. The lowest BCUT2D eigenvalue weighted by Crippen LogP contribution is -2.14. The van der Waals surface area contributed by atoms with Crippen LogP contribution in [0.15, 0.2) is 118 Å². The number of hydrogen-bond acceptors (Lipinski definition) is 4. The number of allylic oxidation sites excluding steroid dienone is 1. The molecule has 0 aliphatic carbocycles. The SMILES string of the molecule is C=CCc1c(Sc2ccccc2)ccc2c1c(C)c(-c1ccc(OC)cc1)n2S(=O)(=O)c1ccc(C)cc1. The lowest BCUT2D eigenvalue weighted by atomic mass is 10.0. The molecule has 0 bridgehead atoms. The predicted molar refractivity (Wildman–Crippen MR) is 157 cm³/mol. The number of fused-ring (bicyclic) bond motifs is 1. The van der Waals surface area contributed by atoms with Crippen molar-refractivity contribution in [3.8, 4) is 17.0 Å². The zero-order valence-electron chi connectivity index (χ0n) is 21.6. The van der Waals surface area contributed by atoms with Crippen molar-refractivity contribution in [2.75, 3.05) is 7.11 Å². The molecular formula is C32H29NO3S2. The topological polar surface area (TPSA) is 48.3 Å². The Hall–Kier alpha value is -3.74. The Labute approximate surface area is 228 Å². The molecule has 0 radical (unpaired) electrons. The van der Waals surface area contributed by atoms with E-state index in [2.05, 4.69) is 18.7 Å². The molecule has 0 aliphatic heterocycles. The normalized spacial score (nSPS) is 11.6. The average Bonchev–Trinajstić information content (AvgIpc) is 3.24. The largest absolute Gasteiger partial charge is 0.497 e. The van der Waals surface area contributed by atoms with Gasteiger partial charge in [-0.15, -0.1) is 6.58 Å². The summed E-state index contributed by atoms with van der Waals surface area (Å²) in [5.41, 5.74) is 5.09. The van der Waals surface area contributed by atoms with Crippen molar-refractivity contribution >= 4 is 32.7 Å². The predicted octanol–water partition coefficient (Wildman–Crippen LogP) is 8.05. The Morgan fingerprint density at radius 3 is 2.21 bits per heavy atom. The fourth-order valence-electron chi connectivity index (χ4n) is 4.80. The molecule has 0 atom stereocenters. The van der Waals surface area contributed by atoms with Gasteiger partial charge in [-0.3, -0.25) is 0 Å². The van der Waals surface area contributed by atoms with E-state index < -0.39 is 10.0 Å². The standard InChI is InChI=1S/C32H29NO3S2/c1-5-9-28-30(37-26-10-7-6-8-11-26)21-20-29-31(28)23(3)32(24-14-16-25(36-4)17-15-24)33(29)38(34,35)27-18-12-22(2)13-19-27/h5-8,10-21H,1,9H2,2-4H3. The smallest absolute Gasteiger partial charge is 0.268 e. The number of benzene rings is 4. The molecule has 0 N–H and O–H groups in total. The van der Waals surface area contributed by atoms with Gasteiger partial charge in [-0.2, -0.15) is 0 Å². The van der Waals surface area contributed by atoms with Crippen molar-refractivity contribution in [2.45, 2.75) is 35.0 Å². The summed E-state index contributed by atoms with van der Waals surface area (Å²) in [6.07, 6.45) is 2.49. The molecule has 0 fully saturated rings. The van der Waals surface area contributed by atoms with Crippen LogP contribution >= 0.6 is 11.8 Å². The third-order valence-corrected chi connectivity index (χ3v) is 9.48. The second kappa shape index (κ2) is 10.6. The van der Waals surface area contributed by atoms with Crippen LogP contribution in [0, 0.1) is 13.8 Å². The number of ether oxygens (including phenoxy) is 1. The van der Waals surface area contributed by atoms with Gasteiger partial charge < -0.3 is 4.74 Å². The van der Waals surface area contributed by atoms with Gasteiger partial charge >= 0.3 is 0 Å². The Bertz CT molecular complexity index is 1720. The lowest BCUT2D eigenvalue weighted by Gasteiger charge is -2.14. The minimum absolute atomic E-state index is 0.253. The first-order valence-electron chi connectivity index (χ1n) is 12.3. The second-order valence-electron chi connectivity index (χ2n) is 9.13. The van der Waals surface area contributed by atoms with Crippen molar-refractivity contribution in [3.63, 3.8) is 0 Å². The number of nitrogens with zero attached hydrogens (tertiary/aromatic N) is 1. The van der Waals surface area contributed by atoms with E-state index in [-0.39, 0.29) is 4.90 Å². The van der Waals surface area contributed by atoms with Gasteiger partial charge in [0.2, 0.25) is 0 Å². The Kier molecular flexibility index (Phi) is 7.19. The molecule has 38 heavy (non-hydrogen) atoms. The van der Waals surface area contributed by atoms with Gasteiger partial charge in [0.05, 0.1) is 23.2 Å². The minimum Gasteiger partial charge on any atom is -0.497 e. The third-order valence-electron chi connectivity index (χ3n) is 6.64. The molecule has 1 aromatic heterocycles. The lowest BCUT2D eigenvalue weighted by molar-refractivity contribution is 0.415. The number of aromatic nitrogens is 1. The van der Waals surface area contributed by atoms with E-state index in [1.54, 1.807) is 31.0 Å². The van der Waals surface area contributed by atoms with E-state index >= 15 is 0 Å².